The van der Waals surface area contributed by atoms with Gasteiger partial charge in [0.2, 0.25) is 0 Å². The van der Waals surface area contributed by atoms with Crippen molar-refractivity contribution in [3.05, 3.63) is 81.9 Å². The summed E-state index contributed by atoms with van der Waals surface area (Å²) in [5.74, 6) is 0.867. The number of carbonyl (C=O) groups excluding carboxylic acids is 1. The summed E-state index contributed by atoms with van der Waals surface area (Å²) >= 11 is 6.12. The normalized spacial score (nSPS) is 10.5. The van der Waals surface area contributed by atoms with E-state index in [1.54, 1.807) is 6.07 Å². The Morgan fingerprint density at radius 2 is 1.69 bits per heavy atom. The molecule has 1 amide bonds. The average Bonchev–Trinajstić information content (AvgIpc) is 2.76. The van der Waals surface area contributed by atoms with E-state index in [-0.39, 0.29) is 12.5 Å². The van der Waals surface area contributed by atoms with Crippen molar-refractivity contribution in [2.45, 2.75) is 34.2 Å². The number of rotatable bonds is 9. The molecule has 3 aromatic rings. The average molecular weight is 453 g/mol. The SMILES string of the molecule is CCOc1cc(CNc2cc(C)ccc2C)ccc1OCC(=O)Nc1ccc(C)c(Cl)c1. The third-order valence-electron chi connectivity index (χ3n) is 5.00. The number of benzene rings is 3. The molecule has 0 aliphatic heterocycles. The van der Waals surface area contributed by atoms with Gasteiger partial charge in [0.05, 0.1) is 6.61 Å². The van der Waals surface area contributed by atoms with Gasteiger partial charge in [-0.2, -0.15) is 0 Å². The standard InChI is InChI=1S/C26H29ClN2O3/c1-5-31-25-13-20(15-28-23-12-17(2)6-7-19(23)4)9-11-24(25)32-16-26(30)29-21-10-8-18(3)22(27)14-21/h6-14,28H,5,15-16H2,1-4H3,(H,29,30). The van der Waals surface area contributed by atoms with Crippen LogP contribution in [0.25, 0.3) is 0 Å². The summed E-state index contributed by atoms with van der Waals surface area (Å²) in [4.78, 5) is 12.3. The van der Waals surface area contributed by atoms with Gasteiger partial charge in [-0.25, -0.2) is 0 Å². The van der Waals surface area contributed by atoms with E-state index in [0.717, 1.165) is 16.8 Å². The molecule has 6 heteroatoms. The van der Waals surface area contributed by atoms with Crippen molar-refractivity contribution in [2.24, 2.45) is 0 Å². The Hall–Kier alpha value is -3.18. The van der Waals surface area contributed by atoms with Crippen LogP contribution in [0.1, 0.15) is 29.2 Å². The maximum atomic E-state index is 12.3. The predicted octanol–water partition coefficient (Wildman–Crippen LogP) is 6.29. The van der Waals surface area contributed by atoms with E-state index in [1.807, 2.05) is 44.2 Å². The summed E-state index contributed by atoms with van der Waals surface area (Å²) in [5, 5.41) is 6.87. The molecule has 32 heavy (non-hydrogen) atoms. The number of carbonyl (C=O) groups is 1. The molecule has 0 bridgehead atoms. The summed E-state index contributed by atoms with van der Waals surface area (Å²) in [6.45, 7) is 9.00. The fourth-order valence-corrected chi connectivity index (χ4v) is 3.37. The molecule has 0 radical (unpaired) electrons. The second-order valence-electron chi connectivity index (χ2n) is 7.69. The first kappa shape index (κ1) is 23.5. The van der Waals surface area contributed by atoms with Gasteiger partial charge in [-0.05, 0) is 80.3 Å². The topological polar surface area (TPSA) is 59.6 Å². The van der Waals surface area contributed by atoms with Gasteiger partial charge in [0.1, 0.15) is 0 Å². The summed E-state index contributed by atoms with van der Waals surface area (Å²) in [6.07, 6.45) is 0. The molecule has 0 unspecified atom stereocenters. The molecule has 0 aliphatic rings. The number of anilines is 2. The number of aryl methyl sites for hydroxylation is 3. The van der Waals surface area contributed by atoms with Crippen molar-refractivity contribution in [2.75, 3.05) is 23.8 Å². The summed E-state index contributed by atoms with van der Waals surface area (Å²) in [7, 11) is 0. The molecule has 168 valence electrons. The van der Waals surface area contributed by atoms with E-state index in [9.17, 15) is 4.79 Å². The predicted molar refractivity (Wildman–Crippen MR) is 131 cm³/mol. The second kappa shape index (κ2) is 10.9. The lowest BCUT2D eigenvalue weighted by molar-refractivity contribution is -0.118. The van der Waals surface area contributed by atoms with Crippen LogP contribution in [0.4, 0.5) is 11.4 Å². The summed E-state index contributed by atoms with van der Waals surface area (Å²) in [6, 6.07) is 17.5. The fourth-order valence-electron chi connectivity index (χ4n) is 3.18. The zero-order valence-electron chi connectivity index (χ0n) is 18.9. The van der Waals surface area contributed by atoms with Gasteiger partial charge in [-0.15, -0.1) is 0 Å². The third kappa shape index (κ3) is 6.41. The number of hydrogen-bond donors (Lipinski definition) is 2. The van der Waals surface area contributed by atoms with Crippen LogP contribution in [0.2, 0.25) is 5.02 Å². The minimum atomic E-state index is -0.270. The van der Waals surface area contributed by atoms with Crippen molar-refractivity contribution in [1.82, 2.24) is 0 Å². The fraction of sp³-hybridized carbons (Fsp3) is 0.269. The first-order valence-electron chi connectivity index (χ1n) is 10.6. The Kier molecular flexibility index (Phi) is 8.01. The monoisotopic (exact) mass is 452 g/mol. The van der Waals surface area contributed by atoms with Crippen molar-refractivity contribution in [3.8, 4) is 11.5 Å². The molecule has 5 nitrogen and oxygen atoms in total. The van der Waals surface area contributed by atoms with Crippen LogP contribution in [0.15, 0.2) is 54.6 Å². The molecule has 3 aromatic carbocycles. The quantitative estimate of drug-likeness (QED) is 0.400. The summed E-state index contributed by atoms with van der Waals surface area (Å²) in [5.41, 5.74) is 6.16. The maximum Gasteiger partial charge on any atom is 0.262 e. The van der Waals surface area contributed by atoms with E-state index in [2.05, 4.69) is 42.7 Å². The highest BCUT2D eigenvalue weighted by Gasteiger charge is 2.11. The van der Waals surface area contributed by atoms with Gasteiger partial charge in [0.25, 0.3) is 5.91 Å². The first-order chi connectivity index (χ1) is 15.4. The van der Waals surface area contributed by atoms with Crippen LogP contribution in [-0.4, -0.2) is 19.1 Å². The van der Waals surface area contributed by atoms with Crippen molar-refractivity contribution < 1.29 is 14.3 Å². The minimum absolute atomic E-state index is 0.133. The first-order valence-corrected chi connectivity index (χ1v) is 11.0. The van der Waals surface area contributed by atoms with E-state index in [1.165, 1.54) is 11.1 Å². The van der Waals surface area contributed by atoms with Crippen LogP contribution < -0.4 is 20.1 Å². The molecular weight excluding hydrogens is 424 g/mol. The van der Waals surface area contributed by atoms with Crippen molar-refractivity contribution in [1.29, 1.82) is 0 Å². The van der Waals surface area contributed by atoms with Gasteiger partial charge in [-0.1, -0.05) is 35.9 Å². The van der Waals surface area contributed by atoms with Crippen LogP contribution in [-0.2, 0) is 11.3 Å². The van der Waals surface area contributed by atoms with Crippen LogP contribution in [0.3, 0.4) is 0 Å². The van der Waals surface area contributed by atoms with E-state index >= 15 is 0 Å². The lowest BCUT2D eigenvalue weighted by atomic mass is 10.1. The smallest absolute Gasteiger partial charge is 0.262 e. The maximum absolute atomic E-state index is 12.3. The van der Waals surface area contributed by atoms with Gasteiger partial charge in [0.15, 0.2) is 18.1 Å². The molecule has 0 saturated heterocycles. The Morgan fingerprint density at radius 1 is 0.906 bits per heavy atom. The van der Waals surface area contributed by atoms with E-state index in [4.69, 9.17) is 21.1 Å². The van der Waals surface area contributed by atoms with Crippen molar-refractivity contribution >= 4 is 28.9 Å². The number of halogens is 1. The number of ether oxygens (including phenoxy) is 2. The molecule has 3 rings (SSSR count). The third-order valence-corrected chi connectivity index (χ3v) is 5.41. The second-order valence-corrected chi connectivity index (χ2v) is 8.09. The van der Waals surface area contributed by atoms with Crippen LogP contribution >= 0.6 is 11.6 Å². The Morgan fingerprint density at radius 3 is 2.44 bits per heavy atom. The molecule has 0 fully saturated rings. The lowest BCUT2D eigenvalue weighted by Crippen LogP contribution is -2.20. The molecule has 2 N–H and O–H groups in total. The Balaban J connectivity index is 1.62. The Labute approximate surface area is 194 Å². The number of amides is 1. The molecule has 0 spiro atoms. The zero-order chi connectivity index (χ0) is 23.1. The highest BCUT2D eigenvalue weighted by atomic mass is 35.5. The van der Waals surface area contributed by atoms with Crippen LogP contribution in [0, 0.1) is 20.8 Å². The minimum Gasteiger partial charge on any atom is -0.490 e. The molecule has 0 aromatic heterocycles. The van der Waals surface area contributed by atoms with E-state index in [0.29, 0.717) is 35.4 Å². The summed E-state index contributed by atoms with van der Waals surface area (Å²) < 4.78 is 11.5. The van der Waals surface area contributed by atoms with Crippen molar-refractivity contribution in [3.63, 3.8) is 0 Å². The van der Waals surface area contributed by atoms with Gasteiger partial charge in [-0.3, -0.25) is 4.79 Å². The molecule has 0 heterocycles. The highest BCUT2D eigenvalue weighted by Crippen LogP contribution is 2.29. The number of nitrogens with one attached hydrogen (secondary N) is 2. The van der Waals surface area contributed by atoms with Gasteiger partial charge >= 0.3 is 0 Å². The highest BCUT2D eigenvalue weighted by molar-refractivity contribution is 6.31. The number of hydrogen-bond acceptors (Lipinski definition) is 4. The Bertz CT molecular complexity index is 1100. The van der Waals surface area contributed by atoms with Gasteiger partial charge < -0.3 is 20.1 Å². The largest absolute Gasteiger partial charge is 0.490 e. The van der Waals surface area contributed by atoms with Crippen LogP contribution in [0.5, 0.6) is 11.5 Å². The lowest BCUT2D eigenvalue weighted by Gasteiger charge is -2.15. The molecule has 0 aliphatic carbocycles. The molecular formula is C26H29ClN2O3. The van der Waals surface area contributed by atoms with Gasteiger partial charge in [0, 0.05) is 22.9 Å². The molecule has 0 saturated carbocycles. The molecule has 0 atom stereocenters. The van der Waals surface area contributed by atoms with E-state index < -0.39 is 0 Å². The zero-order valence-corrected chi connectivity index (χ0v) is 19.7.